The van der Waals surface area contributed by atoms with Gasteiger partial charge in [-0.05, 0) is 18.9 Å². The molecule has 1 N–H and O–H groups in total. The highest BCUT2D eigenvalue weighted by atomic mass is 16.5. The minimum atomic E-state index is -0.695. The maximum Gasteiger partial charge on any atom is 0.165 e. The van der Waals surface area contributed by atoms with Crippen LogP contribution in [0.2, 0.25) is 0 Å². The van der Waals surface area contributed by atoms with Crippen molar-refractivity contribution in [2.75, 3.05) is 14.2 Å². The molecule has 4 heteroatoms. The van der Waals surface area contributed by atoms with E-state index in [0.29, 0.717) is 35.8 Å². The van der Waals surface area contributed by atoms with Crippen molar-refractivity contribution < 1.29 is 19.3 Å². The predicted octanol–water partition coefficient (Wildman–Crippen LogP) is 4.06. The summed E-state index contributed by atoms with van der Waals surface area (Å²) in [5.41, 5.74) is 2.58. The van der Waals surface area contributed by atoms with Crippen molar-refractivity contribution >= 4 is 0 Å². The lowest BCUT2D eigenvalue weighted by atomic mass is 9.97. The van der Waals surface area contributed by atoms with Gasteiger partial charge in [-0.2, -0.15) is 0 Å². The minimum absolute atomic E-state index is 0.410. The van der Waals surface area contributed by atoms with Gasteiger partial charge < -0.3 is 19.3 Å². The molecule has 0 heterocycles. The molecule has 4 nitrogen and oxygen atoms in total. The fraction of sp³-hybridized carbons (Fsp3) is 0.300. The summed E-state index contributed by atoms with van der Waals surface area (Å²) in [6.45, 7) is 5.92. The molecule has 0 aliphatic carbocycles. The minimum Gasteiger partial charge on any atom is -0.496 e. The van der Waals surface area contributed by atoms with E-state index in [2.05, 4.69) is 6.58 Å². The first-order valence-electron chi connectivity index (χ1n) is 7.85. The van der Waals surface area contributed by atoms with Gasteiger partial charge in [-0.3, -0.25) is 0 Å². The van der Waals surface area contributed by atoms with Gasteiger partial charge in [-0.25, -0.2) is 0 Å². The largest absolute Gasteiger partial charge is 0.496 e. The summed E-state index contributed by atoms with van der Waals surface area (Å²) in [6.07, 6.45) is 1.62. The smallest absolute Gasteiger partial charge is 0.165 e. The lowest BCUT2D eigenvalue weighted by Crippen LogP contribution is -2.08. The van der Waals surface area contributed by atoms with Crippen molar-refractivity contribution in [2.45, 2.75) is 26.1 Å². The van der Waals surface area contributed by atoms with Gasteiger partial charge in [0.15, 0.2) is 11.5 Å². The first-order chi connectivity index (χ1) is 11.6. The Morgan fingerprint density at radius 3 is 2.33 bits per heavy atom. The van der Waals surface area contributed by atoms with Gasteiger partial charge in [0, 0.05) is 17.2 Å². The monoisotopic (exact) mass is 328 g/mol. The molecule has 0 amide bonds. The van der Waals surface area contributed by atoms with Crippen LogP contribution in [0.4, 0.5) is 0 Å². The molecule has 0 saturated heterocycles. The Morgan fingerprint density at radius 2 is 1.79 bits per heavy atom. The van der Waals surface area contributed by atoms with E-state index in [0.717, 1.165) is 11.1 Å². The SMILES string of the molecule is C=CCc1c(OCc2ccccc2)c(OC)cc(OC)c1C(C)O. The summed E-state index contributed by atoms with van der Waals surface area (Å²) in [5, 5.41) is 10.2. The molecular formula is C20H24O4. The van der Waals surface area contributed by atoms with Crippen LogP contribution in [0, 0.1) is 0 Å². The first kappa shape index (κ1) is 17.9. The van der Waals surface area contributed by atoms with E-state index in [-0.39, 0.29) is 0 Å². The van der Waals surface area contributed by atoms with Crippen molar-refractivity contribution in [3.8, 4) is 17.2 Å². The fourth-order valence-electron chi connectivity index (χ4n) is 2.70. The molecule has 24 heavy (non-hydrogen) atoms. The Hall–Kier alpha value is -2.46. The van der Waals surface area contributed by atoms with Crippen LogP contribution >= 0.6 is 0 Å². The summed E-state index contributed by atoms with van der Waals surface area (Å²) in [7, 11) is 3.16. The van der Waals surface area contributed by atoms with Gasteiger partial charge in [0.05, 0.1) is 20.3 Å². The van der Waals surface area contributed by atoms with Gasteiger partial charge in [0.1, 0.15) is 12.4 Å². The van der Waals surface area contributed by atoms with Crippen LogP contribution in [-0.4, -0.2) is 19.3 Å². The van der Waals surface area contributed by atoms with Crippen molar-refractivity contribution in [1.29, 1.82) is 0 Å². The quantitative estimate of drug-likeness (QED) is 0.742. The zero-order valence-corrected chi connectivity index (χ0v) is 14.4. The zero-order chi connectivity index (χ0) is 17.5. The van der Waals surface area contributed by atoms with Crippen molar-refractivity contribution in [3.63, 3.8) is 0 Å². The molecular weight excluding hydrogens is 304 g/mol. The molecule has 128 valence electrons. The molecule has 0 saturated carbocycles. The number of ether oxygens (including phenoxy) is 3. The van der Waals surface area contributed by atoms with Crippen LogP contribution in [0.3, 0.4) is 0 Å². The lowest BCUT2D eigenvalue weighted by molar-refractivity contribution is 0.191. The van der Waals surface area contributed by atoms with Gasteiger partial charge in [0.25, 0.3) is 0 Å². The molecule has 1 unspecified atom stereocenters. The number of aliphatic hydroxyl groups is 1. The highest BCUT2D eigenvalue weighted by molar-refractivity contribution is 5.58. The number of rotatable bonds is 8. The summed E-state index contributed by atoms with van der Waals surface area (Å²) < 4.78 is 16.9. The standard InChI is InChI=1S/C20H24O4/c1-5-9-16-19(14(2)21)17(22-3)12-18(23-4)20(16)24-13-15-10-7-6-8-11-15/h5-8,10-12,14,21H,1,9,13H2,2-4H3. The average molecular weight is 328 g/mol. The van der Waals surface area contributed by atoms with Crippen molar-refractivity contribution in [3.05, 3.63) is 65.7 Å². The van der Waals surface area contributed by atoms with E-state index < -0.39 is 6.10 Å². The number of hydrogen-bond acceptors (Lipinski definition) is 4. The second kappa shape index (κ2) is 8.41. The third-order valence-corrected chi connectivity index (χ3v) is 3.78. The summed E-state index contributed by atoms with van der Waals surface area (Å²) in [4.78, 5) is 0. The molecule has 0 aliphatic heterocycles. The predicted molar refractivity (Wildman–Crippen MR) is 94.9 cm³/mol. The Kier molecular flexibility index (Phi) is 6.27. The van der Waals surface area contributed by atoms with E-state index in [4.69, 9.17) is 14.2 Å². The van der Waals surface area contributed by atoms with Gasteiger partial charge in [-0.15, -0.1) is 6.58 Å². The Bertz CT molecular complexity index is 678. The number of methoxy groups -OCH3 is 2. The van der Waals surface area contributed by atoms with Crippen LogP contribution in [-0.2, 0) is 13.0 Å². The normalized spacial score (nSPS) is 11.7. The molecule has 0 bridgehead atoms. The summed E-state index contributed by atoms with van der Waals surface area (Å²) >= 11 is 0. The third kappa shape index (κ3) is 3.89. The topological polar surface area (TPSA) is 47.9 Å². The maximum absolute atomic E-state index is 10.2. The van der Waals surface area contributed by atoms with Crippen LogP contribution in [0.1, 0.15) is 29.7 Å². The van der Waals surface area contributed by atoms with E-state index in [1.165, 1.54) is 0 Å². The van der Waals surface area contributed by atoms with E-state index >= 15 is 0 Å². The Balaban J connectivity index is 2.50. The molecule has 2 aromatic carbocycles. The molecule has 0 spiro atoms. The van der Waals surface area contributed by atoms with E-state index in [1.807, 2.05) is 30.3 Å². The summed E-state index contributed by atoms with van der Waals surface area (Å²) in [5.74, 6) is 1.76. The third-order valence-electron chi connectivity index (χ3n) is 3.78. The molecule has 2 rings (SSSR count). The summed E-state index contributed by atoms with van der Waals surface area (Å²) in [6, 6.07) is 11.6. The molecule has 0 fully saturated rings. The average Bonchev–Trinajstić information content (AvgIpc) is 2.60. The molecule has 0 aliphatic rings. The van der Waals surface area contributed by atoms with Crippen LogP contribution in [0.5, 0.6) is 17.2 Å². The zero-order valence-electron chi connectivity index (χ0n) is 14.4. The number of benzene rings is 2. The lowest BCUT2D eigenvalue weighted by Gasteiger charge is -2.22. The molecule has 0 aromatic heterocycles. The maximum atomic E-state index is 10.2. The van der Waals surface area contributed by atoms with Crippen LogP contribution in [0.25, 0.3) is 0 Å². The van der Waals surface area contributed by atoms with E-state index in [1.54, 1.807) is 33.3 Å². The van der Waals surface area contributed by atoms with Crippen LogP contribution < -0.4 is 14.2 Å². The van der Waals surface area contributed by atoms with Crippen LogP contribution in [0.15, 0.2) is 49.1 Å². The van der Waals surface area contributed by atoms with Gasteiger partial charge >= 0.3 is 0 Å². The molecule has 2 aromatic rings. The molecule has 0 radical (unpaired) electrons. The fourth-order valence-corrected chi connectivity index (χ4v) is 2.70. The highest BCUT2D eigenvalue weighted by Crippen LogP contribution is 2.43. The second-order valence-corrected chi connectivity index (χ2v) is 5.45. The highest BCUT2D eigenvalue weighted by Gasteiger charge is 2.22. The van der Waals surface area contributed by atoms with E-state index in [9.17, 15) is 5.11 Å². The number of aliphatic hydroxyl groups excluding tert-OH is 1. The first-order valence-corrected chi connectivity index (χ1v) is 7.85. The number of hydrogen-bond donors (Lipinski definition) is 1. The van der Waals surface area contributed by atoms with Gasteiger partial charge in [0.2, 0.25) is 0 Å². The number of allylic oxidation sites excluding steroid dienone is 1. The Labute approximate surface area is 143 Å². The Morgan fingerprint density at radius 1 is 1.12 bits per heavy atom. The molecule has 1 atom stereocenters. The van der Waals surface area contributed by atoms with Gasteiger partial charge in [-0.1, -0.05) is 36.4 Å². The van der Waals surface area contributed by atoms with Crippen molar-refractivity contribution in [2.24, 2.45) is 0 Å². The van der Waals surface area contributed by atoms with Crippen molar-refractivity contribution in [1.82, 2.24) is 0 Å². The second-order valence-electron chi connectivity index (χ2n) is 5.45.